The van der Waals surface area contributed by atoms with Gasteiger partial charge in [0.05, 0.1) is 10.5 Å². The Morgan fingerprint density at radius 3 is 1.89 bits per heavy atom. The van der Waals surface area contributed by atoms with Gasteiger partial charge in [-0.15, -0.1) is 0 Å². The van der Waals surface area contributed by atoms with Gasteiger partial charge in [-0.05, 0) is 80.2 Å². The van der Waals surface area contributed by atoms with Crippen molar-refractivity contribution in [2.45, 2.75) is 57.5 Å². The van der Waals surface area contributed by atoms with Gasteiger partial charge in [0.25, 0.3) is 5.69 Å². The maximum Gasteiger partial charge on any atom is 0.416 e. The second-order valence-electron chi connectivity index (χ2n) is 7.42. The number of hydrogen-bond donors (Lipinski definition) is 0. The topological polar surface area (TPSA) is 43.1 Å². The van der Waals surface area contributed by atoms with E-state index in [1.54, 1.807) is 19.1 Å². The van der Waals surface area contributed by atoms with Crippen LogP contribution in [0.15, 0.2) is 36.4 Å². The first kappa shape index (κ1) is 19.4. The van der Waals surface area contributed by atoms with E-state index in [1.165, 1.54) is 13.0 Å². The molecule has 27 heavy (non-hydrogen) atoms. The molecule has 0 radical (unpaired) electrons. The first-order valence-electron chi connectivity index (χ1n) is 9.09. The van der Waals surface area contributed by atoms with Crippen molar-refractivity contribution < 1.29 is 18.1 Å². The van der Waals surface area contributed by atoms with E-state index in [1.807, 2.05) is 18.2 Å². The van der Waals surface area contributed by atoms with Gasteiger partial charge in [-0.2, -0.15) is 13.2 Å². The Bertz CT molecular complexity index is 853. The zero-order valence-corrected chi connectivity index (χ0v) is 15.3. The lowest BCUT2D eigenvalue weighted by Crippen LogP contribution is -2.14. The normalized spacial score (nSPS) is 20.5. The van der Waals surface area contributed by atoms with Gasteiger partial charge >= 0.3 is 6.18 Å². The van der Waals surface area contributed by atoms with E-state index in [-0.39, 0.29) is 22.1 Å². The molecule has 0 atom stereocenters. The molecule has 3 nitrogen and oxygen atoms in total. The third-order valence-electron chi connectivity index (χ3n) is 5.65. The first-order valence-corrected chi connectivity index (χ1v) is 9.09. The van der Waals surface area contributed by atoms with Crippen molar-refractivity contribution in [2.75, 3.05) is 0 Å². The molecule has 0 bridgehead atoms. The number of rotatable bonds is 3. The van der Waals surface area contributed by atoms with Crippen molar-refractivity contribution >= 4 is 5.69 Å². The second kappa shape index (κ2) is 7.33. The first-order chi connectivity index (χ1) is 12.7. The molecule has 1 aliphatic carbocycles. The van der Waals surface area contributed by atoms with Gasteiger partial charge in [0, 0.05) is 11.6 Å². The fraction of sp³-hybridized carbons (Fsp3) is 0.429. The summed E-state index contributed by atoms with van der Waals surface area (Å²) in [5.41, 5.74) is 2.30. The number of nitro benzene ring substituents is 1. The molecule has 0 amide bonds. The van der Waals surface area contributed by atoms with Gasteiger partial charge in [-0.25, -0.2) is 0 Å². The summed E-state index contributed by atoms with van der Waals surface area (Å²) in [7, 11) is 0. The minimum absolute atomic E-state index is 0.117. The Morgan fingerprint density at radius 1 is 0.889 bits per heavy atom. The molecule has 0 unspecified atom stereocenters. The maximum atomic E-state index is 13.2. The summed E-state index contributed by atoms with van der Waals surface area (Å²) in [6.45, 7) is 3.22. The van der Waals surface area contributed by atoms with Gasteiger partial charge in [0.15, 0.2) is 0 Å². The van der Waals surface area contributed by atoms with E-state index in [9.17, 15) is 23.3 Å². The summed E-state index contributed by atoms with van der Waals surface area (Å²) in [4.78, 5) is 10.6. The summed E-state index contributed by atoms with van der Waals surface area (Å²) in [6, 6.07) is 9.90. The number of aryl methyl sites for hydroxylation is 2. The fourth-order valence-electron chi connectivity index (χ4n) is 4.10. The zero-order valence-electron chi connectivity index (χ0n) is 15.3. The Morgan fingerprint density at radius 2 is 1.41 bits per heavy atom. The molecule has 2 aromatic rings. The molecule has 6 heteroatoms. The van der Waals surface area contributed by atoms with E-state index in [4.69, 9.17) is 0 Å². The van der Waals surface area contributed by atoms with E-state index in [2.05, 4.69) is 0 Å². The van der Waals surface area contributed by atoms with Crippen LogP contribution in [0.1, 0.15) is 65.3 Å². The Hall–Kier alpha value is -2.37. The van der Waals surface area contributed by atoms with Crippen LogP contribution in [0.4, 0.5) is 18.9 Å². The summed E-state index contributed by atoms with van der Waals surface area (Å²) in [5, 5.41) is 11.0. The SMILES string of the molecule is Cc1cc(C2CCC(c3ccc(C)c(C(F)(F)F)c3)CC2)ccc1[N+](=O)[O-]. The molecule has 1 aliphatic rings. The summed E-state index contributed by atoms with van der Waals surface area (Å²) in [6.07, 6.45) is -0.940. The van der Waals surface area contributed by atoms with Crippen LogP contribution in [0.25, 0.3) is 0 Å². The van der Waals surface area contributed by atoms with Crippen LogP contribution in [-0.2, 0) is 6.18 Å². The molecule has 0 aliphatic heterocycles. The molecular weight excluding hydrogens is 355 g/mol. The molecule has 0 spiro atoms. The third-order valence-corrected chi connectivity index (χ3v) is 5.65. The second-order valence-corrected chi connectivity index (χ2v) is 7.42. The third kappa shape index (κ3) is 4.15. The number of halogens is 3. The van der Waals surface area contributed by atoms with Crippen LogP contribution in [0.3, 0.4) is 0 Å². The van der Waals surface area contributed by atoms with Crippen molar-refractivity contribution in [1.82, 2.24) is 0 Å². The van der Waals surface area contributed by atoms with Crippen LogP contribution >= 0.6 is 0 Å². The van der Waals surface area contributed by atoms with Gasteiger partial charge in [-0.3, -0.25) is 10.1 Å². The Balaban J connectivity index is 1.73. The average Bonchev–Trinajstić information content (AvgIpc) is 2.61. The highest BCUT2D eigenvalue weighted by molar-refractivity contribution is 5.43. The fourth-order valence-corrected chi connectivity index (χ4v) is 4.10. The predicted molar refractivity (Wildman–Crippen MR) is 98.0 cm³/mol. The van der Waals surface area contributed by atoms with Crippen molar-refractivity contribution in [3.8, 4) is 0 Å². The largest absolute Gasteiger partial charge is 0.416 e. The van der Waals surface area contributed by atoms with E-state index < -0.39 is 11.7 Å². The molecule has 1 fully saturated rings. The molecular formula is C21H22F3NO2. The quantitative estimate of drug-likeness (QED) is 0.443. The van der Waals surface area contributed by atoms with E-state index in [0.29, 0.717) is 11.5 Å². The molecule has 1 saturated carbocycles. The molecule has 3 rings (SSSR count). The number of nitrogens with zero attached hydrogens (tertiary/aromatic N) is 1. The van der Waals surface area contributed by atoms with Crippen LogP contribution in [0.5, 0.6) is 0 Å². The van der Waals surface area contributed by atoms with Crippen LogP contribution in [-0.4, -0.2) is 4.92 Å². The van der Waals surface area contributed by atoms with Crippen LogP contribution in [0, 0.1) is 24.0 Å². The lowest BCUT2D eigenvalue weighted by Gasteiger charge is -2.29. The van der Waals surface area contributed by atoms with Gasteiger partial charge < -0.3 is 0 Å². The number of nitro groups is 1. The summed E-state index contributed by atoms with van der Waals surface area (Å²) < 4.78 is 39.5. The molecule has 0 N–H and O–H groups in total. The zero-order chi connectivity index (χ0) is 19.8. The van der Waals surface area contributed by atoms with Gasteiger partial charge in [0.1, 0.15) is 0 Å². The Kier molecular flexibility index (Phi) is 5.27. The molecule has 2 aromatic carbocycles. The Labute approximate surface area is 156 Å². The summed E-state index contributed by atoms with van der Waals surface area (Å²) >= 11 is 0. The lowest BCUT2D eigenvalue weighted by molar-refractivity contribution is -0.385. The molecule has 0 saturated heterocycles. The molecule has 0 aromatic heterocycles. The highest BCUT2D eigenvalue weighted by Gasteiger charge is 2.33. The van der Waals surface area contributed by atoms with Gasteiger partial charge in [0.2, 0.25) is 0 Å². The average molecular weight is 377 g/mol. The van der Waals surface area contributed by atoms with E-state index >= 15 is 0 Å². The number of benzene rings is 2. The summed E-state index contributed by atoms with van der Waals surface area (Å²) in [5.74, 6) is 0.426. The van der Waals surface area contributed by atoms with E-state index in [0.717, 1.165) is 36.8 Å². The smallest absolute Gasteiger partial charge is 0.258 e. The number of alkyl halides is 3. The molecule has 144 valence electrons. The predicted octanol–water partition coefficient (Wildman–Crippen LogP) is 6.67. The number of hydrogen-bond acceptors (Lipinski definition) is 2. The minimum Gasteiger partial charge on any atom is -0.258 e. The van der Waals surface area contributed by atoms with Crippen LogP contribution < -0.4 is 0 Å². The highest BCUT2D eigenvalue weighted by atomic mass is 19.4. The highest BCUT2D eigenvalue weighted by Crippen LogP contribution is 2.42. The van der Waals surface area contributed by atoms with Crippen molar-refractivity contribution in [3.63, 3.8) is 0 Å². The monoisotopic (exact) mass is 377 g/mol. The van der Waals surface area contributed by atoms with Crippen molar-refractivity contribution in [3.05, 3.63) is 74.3 Å². The lowest BCUT2D eigenvalue weighted by atomic mass is 9.75. The standard InChI is InChI=1S/C21H22F3NO2/c1-13-3-4-18(12-19(13)21(22,23)24)16-7-5-15(6-8-16)17-9-10-20(25(26)27)14(2)11-17/h3-4,9-12,15-16H,5-8H2,1-2H3. The minimum atomic E-state index is -4.33. The van der Waals surface area contributed by atoms with Crippen molar-refractivity contribution in [1.29, 1.82) is 0 Å². The van der Waals surface area contributed by atoms with Gasteiger partial charge in [-0.1, -0.05) is 18.2 Å². The molecule has 0 heterocycles. The van der Waals surface area contributed by atoms with Crippen LogP contribution in [0.2, 0.25) is 0 Å². The maximum absolute atomic E-state index is 13.2. The van der Waals surface area contributed by atoms with Crippen molar-refractivity contribution in [2.24, 2.45) is 0 Å².